The van der Waals surface area contributed by atoms with Gasteiger partial charge in [-0.25, -0.2) is 9.97 Å². The maximum absolute atomic E-state index is 5.85. The molecule has 0 unspecified atom stereocenters. The standard InChI is InChI=1S/C13H10ClN3S/c14-10-3-1-9(2-4-10)7-15-13-12-11(5-6-18-12)16-8-17-13/h1-6,8H,7H2,(H,15,16,17). The Morgan fingerprint density at radius 3 is 2.78 bits per heavy atom. The molecule has 0 radical (unpaired) electrons. The number of aromatic nitrogens is 2. The summed E-state index contributed by atoms with van der Waals surface area (Å²) in [6.07, 6.45) is 1.58. The Kier molecular flexibility index (Phi) is 3.13. The Morgan fingerprint density at radius 1 is 1.11 bits per heavy atom. The summed E-state index contributed by atoms with van der Waals surface area (Å²) in [6.45, 7) is 0.723. The van der Waals surface area contributed by atoms with Crippen LogP contribution in [0.2, 0.25) is 5.02 Å². The second-order valence-corrected chi connectivity index (χ2v) is 5.19. The first-order valence-electron chi connectivity index (χ1n) is 5.49. The SMILES string of the molecule is Clc1ccc(CNc2ncnc3ccsc23)cc1. The van der Waals surface area contributed by atoms with Gasteiger partial charge in [0.1, 0.15) is 12.1 Å². The van der Waals surface area contributed by atoms with E-state index in [-0.39, 0.29) is 0 Å². The van der Waals surface area contributed by atoms with Crippen molar-refractivity contribution in [3.05, 3.63) is 52.6 Å². The molecule has 3 aromatic rings. The first-order valence-corrected chi connectivity index (χ1v) is 6.75. The Balaban J connectivity index is 1.80. The Bertz CT molecular complexity index is 663. The van der Waals surface area contributed by atoms with E-state index in [9.17, 15) is 0 Å². The van der Waals surface area contributed by atoms with Gasteiger partial charge in [0.25, 0.3) is 0 Å². The number of hydrogen-bond donors (Lipinski definition) is 1. The van der Waals surface area contributed by atoms with Crippen molar-refractivity contribution in [3.63, 3.8) is 0 Å². The van der Waals surface area contributed by atoms with E-state index in [1.165, 1.54) is 5.56 Å². The van der Waals surface area contributed by atoms with Crippen molar-refractivity contribution < 1.29 is 0 Å². The van der Waals surface area contributed by atoms with Crippen LogP contribution in [0.3, 0.4) is 0 Å². The minimum Gasteiger partial charge on any atom is -0.365 e. The summed E-state index contributed by atoms with van der Waals surface area (Å²) >= 11 is 7.50. The molecule has 0 spiro atoms. The van der Waals surface area contributed by atoms with Crippen molar-refractivity contribution in [2.45, 2.75) is 6.54 Å². The molecule has 90 valence electrons. The van der Waals surface area contributed by atoms with Gasteiger partial charge in [0.15, 0.2) is 0 Å². The third-order valence-electron chi connectivity index (χ3n) is 2.62. The predicted molar refractivity (Wildman–Crippen MR) is 76.2 cm³/mol. The maximum Gasteiger partial charge on any atom is 0.147 e. The highest BCUT2D eigenvalue weighted by Crippen LogP contribution is 2.25. The number of fused-ring (bicyclic) bond motifs is 1. The van der Waals surface area contributed by atoms with Gasteiger partial charge in [-0.2, -0.15) is 0 Å². The zero-order valence-corrected chi connectivity index (χ0v) is 11.0. The number of benzene rings is 1. The highest BCUT2D eigenvalue weighted by molar-refractivity contribution is 7.17. The van der Waals surface area contributed by atoms with Crippen LogP contribution < -0.4 is 5.32 Å². The normalized spacial score (nSPS) is 10.7. The fourth-order valence-electron chi connectivity index (χ4n) is 1.70. The fourth-order valence-corrected chi connectivity index (χ4v) is 2.64. The largest absolute Gasteiger partial charge is 0.365 e. The molecular weight excluding hydrogens is 266 g/mol. The summed E-state index contributed by atoms with van der Waals surface area (Å²) in [5, 5.41) is 6.10. The Morgan fingerprint density at radius 2 is 1.94 bits per heavy atom. The molecule has 0 aliphatic heterocycles. The third kappa shape index (κ3) is 2.30. The fraction of sp³-hybridized carbons (Fsp3) is 0.0769. The lowest BCUT2D eigenvalue weighted by Gasteiger charge is -2.06. The summed E-state index contributed by atoms with van der Waals surface area (Å²) in [5.74, 6) is 0.880. The van der Waals surface area contributed by atoms with Gasteiger partial charge in [-0.15, -0.1) is 11.3 Å². The third-order valence-corrected chi connectivity index (χ3v) is 3.78. The second-order valence-electron chi connectivity index (χ2n) is 3.84. The van der Waals surface area contributed by atoms with Crippen LogP contribution in [0.15, 0.2) is 42.0 Å². The molecule has 5 heteroatoms. The smallest absolute Gasteiger partial charge is 0.147 e. The van der Waals surface area contributed by atoms with Crippen LogP contribution in [-0.4, -0.2) is 9.97 Å². The van der Waals surface area contributed by atoms with Crippen molar-refractivity contribution in [1.82, 2.24) is 9.97 Å². The number of nitrogens with one attached hydrogen (secondary N) is 1. The molecule has 0 saturated heterocycles. The summed E-state index contributed by atoms with van der Waals surface area (Å²) in [6, 6.07) is 9.78. The molecule has 0 amide bonds. The van der Waals surface area contributed by atoms with Gasteiger partial charge in [-0.05, 0) is 29.1 Å². The number of hydrogen-bond acceptors (Lipinski definition) is 4. The molecule has 0 bridgehead atoms. The monoisotopic (exact) mass is 275 g/mol. The van der Waals surface area contributed by atoms with Gasteiger partial charge in [0.05, 0.1) is 10.2 Å². The van der Waals surface area contributed by atoms with E-state index in [0.717, 1.165) is 27.6 Å². The van der Waals surface area contributed by atoms with E-state index in [1.807, 2.05) is 35.7 Å². The lowest BCUT2D eigenvalue weighted by Crippen LogP contribution is -2.01. The lowest BCUT2D eigenvalue weighted by molar-refractivity contribution is 1.11. The summed E-state index contributed by atoms with van der Waals surface area (Å²) in [5.41, 5.74) is 2.15. The molecule has 1 aromatic carbocycles. The molecule has 1 N–H and O–H groups in total. The van der Waals surface area contributed by atoms with Gasteiger partial charge in [-0.1, -0.05) is 23.7 Å². The van der Waals surface area contributed by atoms with Crippen molar-refractivity contribution >= 4 is 39.0 Å². The zero-order valence-electron chi connectivity index (χ0n) is 9.43. The van der Waals surface area contributed by atoms with Crippen LogP contribution in [0.1, 0.15) is 5.56 Å². The highest BCUT2D eigenvalue weighted by atomic mass is 35.5. The summed E-state index contributed by atoms with van der Waals surface area (Å²) in [4.78, 5) is 8.48. The summed E-state index contributed by atoms with van der Waals surface area (Å²) < 4.78 is 1.09. The number of halogens is 1. The average Bonchev–Trinajstić information content (AvgIpc) is 2.87. The molecule has 18 heavy (non-hydrogen) atoms. The van der Waals surface area contributed by atoms with Crippen LogP contribution in [0.5, 0.6) is 0 Å². The van der Waals surface area contributed by atoms with Crippen LogP contribution in [0, 0.1) is 0 Å². The number of rotatable bonds is 3. The van der Waals surface area contributed by atoms with Gasteiger partial charge in [0.2, 0.25) is 0 Å². The first-order chi connectivity index (χ1) is 8.83. The average molecular weight is 276 g/mol. The Hall–Kier alpha value is -1.65. The minimum absolute atomic E-state index is 0.723. The number of anilines is 1. The molecule has 0 aliphatic rings. The topological polar surface area (TPSA) is 37.8 Å². The molecule has 0 atom stereocenters. The van der Waals surface area contributed by atoms with E-state index in [1.54, 1.807) is 17.7 Å². The molecule has 0 fully saturated rings. The molecule has 2 heterocycles. The number of thiophene rings is 1. The van der Waals surface area contributed by atoms with E-state index in [0.29, 0.717) is 0 Å². The highest BCUT2D eigenvalue weighted by Gasteiger charge is 2.04. The molecule has 3 nitrogen and oxygen atoms in total. The van der Waals surface area contributed by atoms with Crippen LogP contribution >= 0.6 is 22.9 Å². The van der Waals surface area contributed by atoms with Crippen molar-refractivity contribution in [1.29, 1.82) is 0 Å². The van der Waals surface area contributed by atoms with Crippen LogP contribution in [0.25, 0.3) is 10.2 Å². The molecule has 2 aromatic heterocycles. The second kappa shape index (κ2) is 4.92. The molecule has 0 aliphatic carbocycles. The van der Waals surface area contributed by atoms with Gasteiger partial charge >= 0.3 is 0 Å². The predicted octanol–water partition coefficient (Wildman–Crippen LogP) is 3.96. The van der Waals surface area contributed by atoms with Gasteiger partial charge < -0.3 is 5.32 Å². The quantitative estimate of drug-likeness (QED) is 0.786. The Labute approximate surface area is 113 Å². The summed E-state index contributed by atoms with van der Waals surface area (Å²) in [7, 11) is 0. The zero-order chi connectivity index (χ0) is 12.4. The van der Waals surface area contributed by atoms with Gasteiger partial charge in [0, 0.05) is 11.6 Å². The van der Waals surface area contributed by atoms with Crippen LogP contribution in [-0.2, 0) is 6.54 Å². The number of nitrogens with zero attached hydrogens (tertiary/aromatic N) is 2. The van der Waals surface area contributed by atoms with E-state index < -0.39 is 0 Å². The van der Waals surface area contributed by atoms with Crippen molar-refractivity contribution in [3.8, 4) is 0 Å². The maximum atomic E-state index is 5.85. The van der Waals surface area contributed by atoms with E-state index in [4.69, 9.17) is 11.6 Å². The van der Waals surface area contributed by atoms with E-state index in [2.05, 4.69) is 15.3 Å². The van der Waals surface area contributed by atoms with Crippen molar-refractivity contribution in [2.75, 3.05) is 5.32 Å². The van der Waals surface area contributed by atoms with Crippen molar-refractivity contribution in [2.24, 2.45) is 0 Å². The minimum atomic E-state index is 0.723. The van der Waals surface area contributed by atoms with E-state index >= 15 is 0 Å². The van der Waals surface area contributed by atoms with Gasteiger partial charge in [-0.3, -0.25) is 0 Å². The molecule has 3 rings (SSSR count). The first kappa shape index (κ1) is 11.4. The van der Waals surface area contributed by atoms with Crippen LogP contribution in [0.4, 0.5) is 5.82 Å². The molecule has 0 saturated carbocycles. The molecular formula is C13H10ClN3S. The lowest BCUT2D eigenvalue weighted by atomic mass is 10.2.